The molecule has 1 amide bonds. The molecule has 1 aliphatic heterocycles. The summed E-state index contributed by atoms with van der Waals surface area (Å²) in [5.74, 6) is 0.924. The number of aromatic nitrogens is 4. The van der Waals surface area contributed by atoms with Crippen LogP contribution in [0.1, 0.15) is 47.5 Å². The van der Waals surface area contributed by atoms with Crippen LogP contribution in [0.3, 0.4) is 0 Å². The summed E-state index contributed by atoms with van der Waals surface area (Å²) >= 11 is 0. The molecule has 0 spiro atoms. The van der Waals surface area contributed by atoms with Gasteiger partial charge in [0, 0.05) is 31.5 Å². The third kappa shape index (κ3) is 7.16. The zero-order valence-corrected chi connectivity index (χ0v) is 19.3. The summed E-state index contributed by atoms with van der Waals surface area (Å²) in [6, 6.07) is 1.24. The smallest absolute Gasteiger partial charge is 0.410 e. The number of hydrogen-bond acceptors (Lipinski definition) is 8. The fourth-order valence-corrected chi connectivity index (χ4v) is 3.54. The fraction of sp³-hybridized carbons (Fsp3) is 0.619. The van der Waals surface area contributed by atoms with Gasteiger partial charge in [-0.3, -0.25) is 10.1 Å². The molecule has 182 valence electrons. The first-order valence-corrected chi connectivity index (χ1v) is 10.8. The predicted molar refractivity (Wildman–Crippen MR) is 116 cm³/mol. The maximum absolute atomic E-state index is 12.6. The predicted octanol–water partition coefficient (Wildman–Crippen LogP) is 4.35. The lowest BCUT2D eigenvalue weighted by molar-refractivity contribution is -0.0528. The SMILES string of the molecule is CC(C)[C@H]1C[C@@H](Oc2cncc(Nc3cc(OC(F)F)n[nH]3)n2)CCN1C(=O)OC(C)(C)C. The molecule has 0 radical (unpaired) electrons. The largest absolute Gasteiger partial charge is 0.473 e. The molecule has 2 N–H and O–H groups in total. The zero-order valence-electron chi connectivity index (χ0n) is 19.3. The third-order valence-electron chi connectivity index (χ3n) is 4.92. The Hall–Kier alpha value is -3.18. The number of likely N-dealkylation sites (tertiary alicyclic amines) is 1. The molecule has 0 saturated carbocycles. The number of alkyl halides is 2. The van der Waals surface area contributed by atoms with Crippen LogP contribution in [0.5, 0.6) is 11.8 Å². The first kappa shape index (κ1) is 24.5. The normalized spacial score (nSPS) is 19.0. The second-order valence-electron chi connectivity index (χ2n) is 9.12. The zero-order chi connectivity index (χ0) is 24.2. The molecule has 0 aliphatic carbocycles. The van der Waals surface area contributed by atoms with Crippen molar-refractivity contribution >= 4 is 17.7 Å². The molecule has 0 unspecified atom stereocenters. The van der Waals surface area contributed by atoms with E-state index in [4.69, 9.17) is 9.47 Å². The van der Waals surface area contributed by atoms with Crippen LogP contribution in [0.4, 0.5) is 25.2 Å². The molecule has 3 heterocycles. The van der Waals surface area contributed by atoms with Crippen molar-refractivity contribution in [3.63, 3.8) is 0 Å². The molecule has 2 aromatic rings. The quantitative estimate of drug-likeness (QED) is 0.617. The topological polar surface area (TPSA) is 114 Å². The molecule has 3 rings (SSSR count). The minimum Gasteiger partial charge on any atom is -0.473 e. The van der Waals surface area contributed by atoms with Gasteiger partial charge in [-0.05, 0) is 26.7 Å². The number of halogens is 2. The minimum atomic E-state index is -2.96. The monoisotopic (exact) mass is 468 g/mol. The highest BCUT2D eigenvalue weighted by Gasteiger charge is 2.36. The van der Waals surface area contributed by atoms with Gasteiger partial charge in [-0.1, -0.05) is 13.8 Å². The highest BCUT2D eigenvalue weighted by atomic mass is 19.3. The number of aromatic amines is 1. The van der Waals surface area contributed by atoms with Gasteiger partial charge in [0.2, 0.25) is 11.8 Å². The van der Waals surface area contributed by atoms with Crippen molar-refractivity contribution in [2.75, 3.05) is 11.9 Å². The lowest BCUT2D eigenvalue weighted by Crippen LogP contribution is -2.52. The number of carbonyl (C=O) groups excluding carboxylic acids is 1. The maximum atomic E-state index is 12.6. The third-order valence-corrected chi connectivity index (χ3v) is 4.92. The number of hydrogen-bond donors (Lipinski definition) is 2. The van der Waals surface area contributed by atoms with Crippen molar-refractivity contribution in [1.82, 2.24) is 25.1 Å². The molecule has 33 heavy (non-hydrogen) atoms. The number of nitrogens with zero attached hydrogens (tertiary/aromatic N) is 4. The molecule has 2 aromatic heterocycles. The Morgan fingerprint density at radius 3 is 2.70 bits per heavy atom. The van der Waals surface area contributed by atoms with E-state index in [9.17, 15) is 13.6 Å². The summed E-state index contributed by atoms with van der Waals surface area (Å²) in [5.41, 5.74) is -0.560. The molecule has 10 nitrogen and oxygen atoms in total. The van der Waals surface area contributed by atoms with E-state index in [-0.39, 0.29) is 30.0 Å². The van der Waals surface area contributed by atoms with Crippen molar-refractivity contribution in [3.8, 4) is 11.8 Å². The molecule has 12 heteroatoms. The highest BCUT2D eigenvalue weighted by molar-refractivity contribution is 5.68. The first-order chi connectivity index (χ1) is 15.5. The number of carbonyl (C=O) groups is 1. The van der Waals surface area contributed by atoms with Crippen LogP contribution < -0.4 is 14.8 Å². The Bertz CT molecular complexity index is 933. The van der Waals surface area contributed by atoms with Crippen LogP contribution >= 0.6 is 0 Å². The Morgan fingerprint density at radius 2 is 2.03 bits per heavy atom. The van der Waals surface area contributed by atoms with Crippen LogP contribution in [-0.4, -0.2) is 62.1 Å². The van der Waals surface area contributed by atoms with Gasteiger partial charge in [0.1, 0.15) is 17.5 Å². The van der Waals surface area contributed by atoms with Crippen LogP contribution in [0.2, 0.25) is 0 Å². The van der Waals surface area contributed by atoms with Gasteiger partial charge in [0.05, 0.1) is 12.4 Å². The molecule has 0 aromatic carbocycles. The molecule has 0 bridgehead atoms. The number of amides is 1. The van der Waals surface area contributed by atoms with Crippen LogP contribution in [0, 0.1) is 5.92 Å². The fourth-order valence-electron chi connectivity index (χ4n) is 3.54. The highest BCUT2D eigenvalue weighted by Crippen LogP contribution is 2.28. The molecule has 2 atom stereocenters. The average Bonchev–Trinajstić information content (AvgIpc) is 3.12. The summed E-state index contributed by atoms with van der Waals surface area (Å²) in [4.78, 5) is 22.9. The van der Waals surface area contributed by atoms with E-state index in [2.05, 4.69) is 44.1 Å². The van der Waals surface area contributed by atoms with Crippen molar-refractivity contribution in [1.29, 1.82) is 0 Å². The molecule has 1 saturated heterocycles. The summed E-state index contributed by atoms with van der Waals surface area (Å²) in [6.45, 7) is 7.21. The number of nitrogens with one attached hydrogen (secondary N) is 2. The summed E-state index contributed by atoms with van der Waals surface area (Å²) in [5, 5.41) is 9.04. The minimum absolute atomic E-state index is 0.0360. The Labute approximate surface area is 191 Å². The summed E-state index contributed by atoms with van der Waals surface area (Å²) < 4.78 is 40.4. The summed E-state index contributed by atoms with van der Waals surface area (Å²) in [6.07, 6.45) is 3.73. The molecular formula is C21H30F2N6O4. The van der Waals surface area contributed by atoms with Gasteiger partial charge in [-0.25, -0.2) is 4.79 Å². The van der Waals surface area contributed by atoms with E-state index in [0.717, 1.165) is 0 Å². The van der Waals surface area contributed by atoms with E-state index < -0.39 is 12.2 Å². The summed E-state index contributed by atoms with van der Waals surface area (Å²) in [7, 11) is 0. The van der Waals surface area contributed by atoms with Gasteiger partial charge >= 0.3 is 12.7 Å². The standard InChI is InChI=1S/C21H30F2N6O4/c1-12(2)14-8-13(6-7-29(14)20(30)33-21(3,4)5)31-18-11-24-10-16(26-18)25-15-9-17(28-27-15)32-19(22)23/h9-14,19H,6-8H2,1-5H3,(H2,25,26,27,28)/t13-,14+/m0/s1. The van der Waals surface area contributed by atoms with Gasteiger partial charge < -0.3 is 24.4 Å². The number of ether oxygens (including phenoxy) is 3. The molecule has 1 fully saturated rings. The lowest BCUT2D eigenvalue weighted by atomic mass is 9.91. The van der Waals surface area contributed by atoms with E-state index in [1.54, 1.807) is 4.90 Å². The van der Waals surface area contributed by atoms with Crippen molar-refractivity contribution < 1.29 is 27.8 Å². The number of rotatable bonds is 7. The first-order valence-electron chi connectivity index (χ1n) is 10.8. The second-order valence-corrected chi connectivity index (χ2v) is 9.12. The van der Waals surface area contributed by atoms with E-state index in [1.165, 1.54) is 18.5 Å². The molecular weight excluding hydrogens is 438 g/mol. The average molecular weight is 469 g/mol. The van der Waals surface area contributed by atoms with Crippen LogP contribution in [0.15, 0.2) is 18.5 Å². The lowest BCUT2D eigenvalue weighted by Gasteiger charge is -2.41. The van der Waals surface area contributed by atoms with Crippen LogP contribution in [-0.2, 0) is 4.74 Å². The van der Waals surface area contributed by atoms with E-state index >= 15 is 0 Å². The van der Waals surface area contributed by atoms with Crippen molar-refractivity contribution in [2.45, 2.75) is 71.8 Å². The maximum Gasteiger partial charge on any atom is 0.410 e. The Morgan fingerprint density at radius 1 is 1.27 bits per heavy atom. The van der Waals surface area contributed by atoms with Gasteiger partial charge in [-0.15, -0.1) is 5.10 Å². The van der Waals surface area contributed by atoms with Crippen LogP contribution in [0.25, 0.3) is 0 Å². The van der Waals surface area contributed by atoms with E-state index in [0.29, 0.717) is 36.9 Å². The number of piperidine rings is 1. The Kier molecular flexibility index (Phi) is 7.54. The van der Waals surface area contributed by atoms with Crippen molar-refractivity contribution in [3.05, 3.63) is 18.5 Å². The molecule has 1 aliphatic rings. The van der Waals surface area contributed by atoms with E-state index in [1.807, 2.05) is 20.8 Å². The van der Waals surface area contributed by atoms with Gasteiger partial charge in [-0.2, -0.15) is 13.8 Å². The Balaban J connectivity index is 1.62. The van der Waals surface area contributed by atoms with Crippen molar-refractivity contribution in [2.24, 2.45) is 5.92 Å². The number of H-pyrrole nitrogens is 1. The van der Waals surface area contributed by atoms with Gasteiger partial charge in [0.25, 0.3) is 0 Å². The number of anilines is 2. The second kappa shape index (κ2) is 10.2. The van der Waals surface area contributed by atoms with Gasteiger partial charge in [0.15, 0.2) is 5.82 Å².